The highest BCUT2D eigenvalue weighted by atomic mass is 19.3. The maximum absolute atomic E-state index is 14.1. The Hall–Kier alpha value is -1.32. The van der Waals surface area contributed by atoms with E-state index >= 15 is 0 Å². The van der Waals surface area contributed by atoms with Gasteiger partial charge in [-0.2, -0.15) is 0 Å². The third-order valence-corrected chi connectivity index (χ3v) is 3.23. The topological polar surface area (TPSA) is 18.5 Å². The molecular weight excluding hydrogens is 226 g/mol. The summed E-state index contributed by atoms with van der Waals surface area (Å²) in [6.45, 7) is 1.73. The summed E-state index contributed by atoms with van der Waals surface area (Å²) in [5.41, 5.74) is 0.591. The van der Waals surface area contributed by atoms with Crippen molar-refractivity contribution in [2.24, 2.45) is 5.92 Å². The number of methoxy groups -OCH3 is 2. The maximum atomic E-state index is 14.1. The second-order valence-corrected chi connectivity index (χ2v) is 4.37. The highest BCUT2D eigenvalue weighted by Crippen LogP contribution is 2.53. The van der Waals surface area contributed by atoms with Gasteiger partial charge >= 0.3 is 0 Å². The van der Waals surface area contributed by atoms with E-state index in [2.05, 4.69) is 0 Å². The van der Waals surface area contributed by atoms with Gasteiger partial charge in [-0.25, -0.2) is 8.78 Å². The van der Waals surface area contributed by atoms with Crippen LogP contribution >= 0.6 is 0 Å². The number of hydrogen-bond donors (Lipinski definition) is 0. The summed E-state index contributed by atoms with van der Waals surface area (Å²) in [7, 11) is 2.93. The van der Waals surface area contributed by atoms with Crippen LogP contribution in [-0.2, 0) is 5.92 Å². The van der Waals surface area contributed by atoms with E-state index in [9.17, 15) is 8.78 Å². The first-order chi connectivity index (χ1) is 8.02. The fraction of sp³-hybridized carbons (Fsp3) is 0.538. The monoisotopic (exact) mass is 242 g/mol. The molecule has 1 aromatic rings. The fourth-order valence-corrected chi connectivity index (χ4v) is 2.09. The van der Waals surface area contributed by atoms with Gasteiger partial charge in [0.25, 0.3) is 5.92 Å². The molecule has 2 rings (SSSR count). The van der Waals surface area contributed by atoms with E-state index in [1.165, 1.54) is 20.3 Å². The molecule has 1 aliphatic carbocycles. The molecule has 0 heterocycles. The first-order valence-electron chi connectivity index (χ1n) is 5.62. The molecular formula is C13H16F2O2. The quantitative estimate of drug-likeness (QED) is 0.804. The van der Waals surface area contributed by atoms with Gasteiger partial charge in [-0.05, 0) is 31.9 Å². The van der Waals surface area contributed by atoms with Crippen molar-refractivity contribution in [2.45, 2.75) is 25.7 Å². The Morgan fingerprint density at radius 2 is 1.82 bits per heavy atom. The van der Waals surface area contributed by atoms with Crippen molar-refractivity contribution in [3.63, 3.8) is 0 Å². The minimum atomic E-state index is -2.80. The predicted octanol–water partition coefficient (Wildman–Crippen LogP) is 3.51. The molecule has 2 nitrogen and oxygen atoms in total. The van der Waals surface area contributed by atoms with Crippen LogP contribution in [-0.4, -0.2) is 14.2 Å². The first-order valence-corrected chi connectivity index (χ1v) is 5.62. The number of hydrogen-bond acceptors (Lipinski definition) is 2. The van der Waals surface area contributed by atoms with Crippen LogP contribution in [0.5, 0.6) is 11.5 Å². The van der Waals surface area contributed by atoms with Crippen LogP contribution in [0.2, 0.25) is 0 Å². The standard InChI is InChI=1S/C13H16F2O2/c1-8-11(16-2)7-6-10(12(8)17-3)13(14,15)9-4-5-9/h6-7,9H,4-5H2,1-3H3. The number of rotatable bonds is 4. The lowest BCUT2D eigenvalue weighted by Crippen LogP contribution is -2.18. The SMILES string of the molecule is COc1ccc(C(F)(F)C2CC2)c(OC)c1C. The summed E-state index contributed by atoms with van der Waals surface area (Å²) in [5, 5.41) is 0. The largest absolute Gasteiger partial charge is 0.496 e. The molecule has 4 heteroatoms. The summed E-state index contributed by atoms with van der Waals surface area (Å²) in [6, 6.07) is 2.98. The van der Waals surface area contributed by atoms with Gasteiger partial charge < -0.3 is 9.47 Å². The van der Waals surface area contributed by atoms with E-state index in [1.807, 2.05) is 0 Å². The molecule has 0 saturated heterocycles. The molecule has 1 saturated carbocycles. The van der Waals surface area contributed by atoms with Crippen molar-refractivity contribution in [2.75, 3.05) is 14.2 Å². The molecule has 0 aromatic heterocycles. The summed E-state index contributed by atoms with van der Waals surface area (Å²) in [5.74, 6) is -2.54. The van der Waals surface area contributed by atoms with Crippen molar-refractivity contribution in [3.05, 3.63) is 23.3 Å². The summed E-state index contributed by atoms with van der Waals surface area (Å²) in [4.78, 5) is 0. The van der Waals surface area contributed by atoms with Crippen LogP contribution in [0.25, 0.3) is 0 Å². The number of ether oxygens (including phenoxy) is 2. The normalized spacial score (nSPS) is 15.8. The zero-order valence-electron chi connectivity index (χ0n) is 10.2. The first kappa shape index (κ1) is 12.1. The Labute approximate surface area is 99.5 Å². The molecule has 0 amide bonds. The molecule has 0 atom stereocenters. The molecule has 0 bridgehead atoms. The Bertz CT molecular complexity index is 426. The predicted molar refractivity (Wildman–Crippen MR) is 60.9 cm³/mol. The summed E-state index contributed by atoms with van der Waals surface area (Å²) >= 11 is 0. The van der Waals surface area contributed by atoms with Crippen molar-refractivity contribution < 1.29 is 18.3 Å². The lowest BCUT2D eigenvalue weighted by Gasteiger charge is -2.21. The number of halogens is 2. The van der Waals surface area contributed by atoms with Crippen LogP contribution in [0.3, 0.4) is 0 Å². The van der Waals surface area contributed by atoms with Gasteiger partial charge in [-0.1, -0.05) is 0 Å². The van der Waals surface area contributed by atoms with Gasteiger partial charge in [0.15, 0.2) is 0 Å². The van der Waals surface area contributed by atoms with Crippen molar-refractivity contribution in [1.82, 2.24) is 0 Å². The Morgan fingerprint density at radius 3 is 2.29 bits per heavy atom. The Kier molecular flexibility index (Phi) is 2.98. The van der Waals surface area contributed by atoms with E-state index < -0.39 is 11.8 Å². The zero-order chi connectivity index (χ0) is 12.6. The van der Waals surface area contributed by atoms with Gasteiger partial charge in [0.2, 0.25) is 0 Å². The molecule has 0 spiro atoms. The molecule has 1 fully saturated rings. The fourth-order valence-electron chi connectivity index (χ4n) is 2.09. The van der Waals surface area contributed by atoms with E-state index in [4.69, 9.17) is 9.47 Å². The molecule has 1 aromatic carbocycles. The zero-order valence-corrected chi connectivity index (χ0v) is 10.2. The second kappa shape index (κ2) is 4.17. The van der Waals surface area contributed by atoms with Gasteiger partial charge in [0, 0.05) is 11.5 Å². The van der Waals surface area contributed by atoms with E-state index in [1.54, 1.807) is 13.0 Å². The highest BCUT2D eigenvalue weighted by Gasteiger charge is 2.49. The van der Waals surface area contributed by atoms with E-state index in [-0.39, 0.29) is 11.3 Å². The molecule has 0 unspecified atom stereocenters. The van der Waals surface area contributed by atoms with Gasteiger partial charge in [0.1, 0.15) is 11.5 Å². The van der Waals surface area contributed by atoms with Gasteiger partial charge in [0.05, 0.1) is 19.8 Å². The Morgan fingerprint density at radius 1 is 1.18 bits per heavy atom. The lowest BCUT2D eigenvalue weighted by molar-refractivity contribution is -0.0305. The molecule has 0 N–H and O–H groups in total. The number of alkyl halides is 2. The van der Waals surface area contributed by atoms with Crippen LogP contribution in [0.4, 0.5) is 8.78 Å². The average Bonchev–Trinajstić information content (AvgIpc) is 3.12. The van der Waals surface area contributed by atoms with Crippen molar-refractivity contribution in [3.8, 4) is 11.5 Å². The maximum Gasteiger partial charge on any atom is 0.279 e. The third kappa shape index (κ3) is 1.96. The average molecular weight is 242 g/mol. The van der Waals surface area contributed by atoms with Crippen LogP contribution < -0.4 is 9.47 Å². The minimum absolute atomic E-state index is 0.0270. The number of benzene rings is 1. The third-order valence-electron chi connectivity index (χ3n) is 3.23. The second-order valence-electron chi connectivity index (χ2n) is 4.37. The molecule has 94 valence electrons. The molecule has 0 radical (unpaired) electrons. The van der Waals surface area contributed by atoms with Crippen molar-refractivity contribution >= 4 is 0 Å². The summed E-state index contributed by atoms with van der Waals surface area (Å²) < 4.78 is 38.4. The minimum Gasteiger partial charge on any atom is -0.496 e. The Balaban J connectivity index is 2.50. The highest BCUT2D eigenvalue weighted by molar-refractivity contribution is 5.51. The van der Waals surface area contributed by atoms with E-state index in [0.717, 1.165) is 0 Å². The lowest BCUT2D eigenvalue weighted by atomic mass is 9.99. The molecule has 17 heavy (non-hydrogen) atoms. The van der Waals surface area contributed by atoms with Crippen molar-refractivity contribution in [1.29, 1.82) is 0 Å². The molecule has 0 aliphatic heterocycles. The van der Waals surface area contributed by atoms with Crippen LogP contribution in [0.1, 0.15) is 24.0 Å². The van der Waals surface area contributed by atoms with Gasteiger partial charge in [-0.3, -0.25) is 0 Å². The summed E-state index contributed by atoms with van der Waals surface area (Å²) in [6.07, 6.45) is 1.17. The van der Waals surface area contributed by atoms with Crippen LogP contribution in [0.15, 0.2) is 12.1 Å². The smallest absolute Gasteiger partial charge is 0.279 e. The van der Waals surface area contributed by atoms with Crippen LogP contribution in [0, 0.1) is 12.8 Å². The molecule has 1 aliphatic rings. The van der Waals surface area contributed by atoms with Gasteiger partial charge in [-0.15, -0.1) is 0 Å². The van der Waals surface area contributed by atoms with E-state index in [0.29, 0.717) is 24.2 Å².